The van der Waals surface area contributed by atoms with Crippen molar-refractivity contribution in [1.82, 2.24) is 0 Å². The Balaban J connectivity index is 2.68. The number of methoxy groups -OCH3 is 1. The number of rotatable bonds is 3. The highest BCUT2D eigenvalue weighted by Gasteiger charge is 2.04. The molecule has 1 aromatic rings. The van der Waals surface area contributed by atoms with Gasteiger partial charge in [-0.05, 0) is 23.6 Å². The molecule has 80 valence electrons. The van der Waals surface area contributed by atoms with Gasteiger partial charge in [0.25, 0.3) is 0 Å². The Kier molecular flexibility index (Phi) is 4.77. The van der Waals surface area contributed by atoms with Gasteiger partial charge in [-0.15, -0.1) is 11.8 Å². The second-order valence-electron chi connectivity index (χ2n) is 3.59. The molecule has 0 heterocycles. The van der Waals surface area contributed by atoms with E-state index in [0.717, 1.165) is 18.6 Å². The van der Waals surface area contributed by atoms with Crippen molar-refractivity contribution in [3.63, 3.8) is 0 Å². The fourth-order valence-corrected chi connectivity index (χ4v) is 1.42. The molecule has 0 N–H and O–H groups in total. The summed E-state index contributed by atoms with van der Waals surface area (Å²) in [6, 6.07) is 8.20. The molecule has 1 heteroatoms. The molecule has 0 radical (unpaired) electrons. The molecule has 0 spiro atoms. The molecule has 0 bridgehead atoms. The molecule has 1 rings (SSSR count). The van der Waals surface area contributed by atoms with Crippen molar-refractivity contribution in [3.05, 3.63) is 29.8 Å². The summed E-state index contributed by atoms with van der Waals surface area (Å²) >= 11 is 0. The van der Waals surface area contributed by atoms with Crippen molar-refractivity contribution >= 4 is 0 Å². The molecule has 0 saturated carbocycles. The Hall–Kier alpha value is -1.42. The van der Waals surface area contributed by atoms with Gasteiger partial charge in [0.2, 0.25) is 0 Å². The van der Waals surface area contributed by atoms with Gasteiger partial charge in [-0.3, -0.25) is 0 Å². The van der Waals surface area contributed by atoms with Crippen LogP contribution in [-0.2, 0) is 0 Å². The number of hydrogen-bond acceptors (Lipinski definition) is 1. The van der Waals surface area contributed by atoms with Crippen molar-refractivity contribution in [2.24, 2.45) is 0 Å². The van der Waals surface area contributed by atoms with Crippen LogP contribution in [0.5, 0.6) is 5.75 Å². The minimum absolute atomic E-state index is 0.471. The SMILES string of the molecule is CCC#CCC(C)c1cccc(OC)c1. The molecule has 0 aromatic heterocycles. The Bertz CT molecular complexity index is 357. The van der Waals surface area contributed by atoms with E-state index in [1.807, 2.05) is 12.1 Å². The van der Waals surface area contributed by atoms with Gasteiger partial charge < -0.3 is 4.74 Å². The molecule has 1 nitrogen and oxygen atoms in total. The summed E-state index contributed by atoms with van der Waals surface area (Å²) in [4.78, 5) is 0. The molecular weight excluding hydrogens is 184 g/mol. The highest BCUT2D eigenvalue weighted by molar-refractivity contribution is 5.31. The minimum Gasteiger partial charge on any atom is -0.497 e. The molecular formula is C14H18O. The first-order valence-corrected chi connectivity index (χ1v) is 5.37. The number of ether oxygens (including phenoxy) is 1. The topological polar surface area (TPSA) is 9.23 Å². The van der Waals surface area contributed by atoms with Crippen LogP contribution in [0.1, 0.15) is 38.2 Å². The van der Waals surface area contributed by atoms with E-state index in [0.29, 0.717) is 5.92 Å². The molecule has 0 amide bonds. The molecule has 0 aliphatic carbocycles. The average molecular weight is 202 g/mol. The fourth-order valence-electron chi connectivity index (χ4n) is 1.42. The van der Waals surface area contributed by atoms with Crippen LogP contribution < -0.4 is 4.74 Å². The van der Waals surface area contributed by atoms with Gasteiger partial charge in [-0.2, -0.15) is 0 Å². The van der Waals surface area contributed by atoms with E-state index >= 15 is 0 Å². The summed E-state index contributed by atoms with van der Waals surface area (Å²) in [5, 5.41) is 0. The predicted octanol–water partition coefficient (Wildman–Crippen LogP) is 3.60. The van der Waals surface area contributed by atoms with Gasteiger partial charge in [0.15, 0.2) is 0 Å². The van der Waals surface area contributed by atoms with Gasteiger partial charge in [0, 0.05) is 12.8 Å². The Labute approximate surface area is 92.5 Å². The van der Waals surface area contributed by atoms with Gasteiger partial charge in [-0.1, -0.05) is 26.0 Å². The highest BCUT2D eigenvalue weighted by Crippen LogP contribution is 2.22. The number of hydrogen-bond donors (Lipinski definition) is 0. The van der Waals surface area contributed by atoms with Gasteiger partial charge in [-0.25, -0.2) is 0 Å². The summed E-state index contributed by atoms with van der Waals surface area (Å²) in [6.07, 6.45) is 1.85. The van der Waals surface area contributed by atoms with Crippen molar-refractivity contribution in [3.8, 4) is 17.6 Å². The first-order chi connectivity index (χ1) is 7.27. The van der Waals surface area contributed by atoms with Crippen molar-refractivity contribution < 1.29 is 4.74 Å². The second-order valence-corrected chi connectivity index (χ2v) is 3.59. The normalized spacial score (nSPS) is 11.4. The zero-order valence-electron chi connectivity index (χ0n) is 9.71. The predicted molar refractivity (Wildman–Crippen MR) is 64.1 cm³/mol. The van der Waals surface area contributed by atoms with Crippen molar-refractivity contribution in [2.75, 3.05) is 7.11 Å². The maximum absolute atomic E-state index is 5.19. The molecule has 0 aliphatic rings. The van der Waals surface area contributed by atoms with E-state index in [1.165, 1.54) is 5.56 Å². The van der Waals surface area contributed by atoms with E-state index in [4.69, 9.17) is 4.74 Å². The maximum Gasteiger partial charge on any atom is 0.119 e. The lowest BCUT2D eigenvalue weighted by atomic mass is 9.98. The van der Waals surface area contributed by atoms with Gasteiger partial charge in [0.1, 0.15) is 5.75 Å². The Morgan fingerprint density at radius 1 is 1.33 bits per heavy atom. The minimum atomic E-state index is 0.471. The zero-order valence-corrected chi connectivity index (χ0v) is 9.71. The van der Waals surface area contributed by atoms with Crippen LogP contribution in [0.2, 0.25) is 0 Å². The average Bonchev–Trinajstić information content (AvgIpc) is 2.29. The highest BCUT2D eigenvalue weighted by atomic mass is 16.5. The van der Waals surface area contributed by atoms with E-state index in [9.17, 15) is 0 Å². The molecule has 0 saturated heterocycles. The smallest absolute Gasteiger partial charge is 0.119 e. The van der Waals surface area contributed by atoms with Crippen LogP contribution in [0, 0.1) is 11.8 Å². The summed E-state index contributed by atoms with van der Waals surface area (Å²) in [6.45, 7) is 4.27. The zero-order chi connectivity index (χ0) is 11.1. The largest absolute Gasteiger partial charge is 0.497 e. The lowest BCUT2D eigenvalue weighted by molar-refractivity contribution is 0.414. The monoisotopic (exact) mass is 202 g/mol. The molecule has 15 heavy (non-hydrogen) atoms. The first kappa shape index (κ1) is 11.7. The molecule has 1 atom stereocenters. The van der Waals surface area contributed by atoms with Crippen LogP contribution >= 0.6 is 0 Å². The van der Waals surface area contributed by atoms with Gasteiger partial charge in [0.05, 0.1) is 7.11 Å². The van der Waals surface area contributed by atoms with Crippen LogP contribution in [0.15, 0.2) is 24.3 Å². The molecule has 0 aliphatic heterocycles. The Morgan fingerprint density at radius 2 is 2.13 bits per heavy atom. The van der Waals surface area contributed by atoms with Crippen LogP contribution in [0.3, 0.4) is 0 Å². The standard InChI is InChI=1S/C14H18O/c1-4-5-6-8-12(2)13-9-7-10-14(11-13)15-3/h7,9-12H,4,8H2,1-3H3. The van der Waals surface area contributed by atoms with E-state index in [1.54, 1.807) is 7.11 Å². The summed E-state index contributed by atoms with van der Waals surface area (Å²) in [7, 11) is 1.70. The second kappa shape index (κ2) is 6.14. The first-order valence-electron chi connectivity index (χ1n) is 5.37. The summed E-state index contributed by atoms with van der Waals surface area (Å²) in [5.41, 5.74) is 1.29. The lowest BCUT2D eigenvalue weighted by Crippen LogP contribution is -1.93. The van der Waals surface area contributed by atoms with Crippen LogP contribution in [0.25, 0.3) is 0 Å². The van der Waals surface area contributed by atoms with Crippen molar-refractivity contribution in [1.29, 1.82) is 0 Å². The van der Waals surface area contributed by atoms with E-state index in [-0.39, 0.29) is 0 Å². The summed E-state index contributed by atoms with van der Waals surface area (Å²) in [5.74, 6) is 7.67. The molecule has 0 fully saturated rings. The molecule has 1 unspecified atom stereocenters. The van der Waals surface area contributed by atoms with Crippen LogP contribution in [0.4, 0.5) is 0 Å². The third kappa shape index (κ3) is 3.67. The maximum atomic E-state index is 5.19. The number of benzene rings is 1. The third-order valence-corrected chi connectivity index (χ3v) is 2.37. The molecule has 1 aromatic carbocycles. The van der Waals surface area contributed by atoms with E-state index in [2.05, 4.69) is 37.8 Å². The van der Waals surface area contributed by atoms with E-state index < -0.39 is 0 Å². The summed E-state index contributed by atoms with van der Waals surface area (Å²) < 4.78 is 5.19. The quantitative estimate of drug-likeness (QED) is 0.680. The lowest BCUT2D eigenvalue weighted by Gasteiger charge is -2.09. The third-order valence-electron chi connectivity index (χ3n) is 2.37. The van der Waals surface area contributed by atoms with Gasteiger partial charge >= 0.3 is 0 Å². The van der Waals surface area contributed by atoms with Crippen molar-refractivity contribution in [2.45, 2.75) is 32.6 Å². The van der Waals surface area contributed by atoms with Crippen LogP contribution in [-0.4, -0.2) is 7.11 Å². The fraction of sp³-hybridized carbons (Fsp3) is 0.429. The Morgan fingerprint density at radius 3 is 2.80 bits per heavy atom.